The Kier molecular flexibility index (Phi) is 7.96. The Morgan fingerprint density at radius 3 is 2.27 bits per heavy atom. The Morgan fingerprint density at radius 1 is 0.865 bits per heavy atom. The molecule has 6 heteroatoms. The van der Waals surface area contributed by atoms with E-state index in [2.05, 4.69) is 17.0 Å². The van der Waals surface area contributed by atoms with Crippen LogP contribution in [0.2, 0.25) is 0 Å². The number of benzene rings is 3. The predicted octanol–water partition coefficient (Wildman–Crippen LogP) is 5.68. The second-order valence-electron chi connectivity index (χ2n) is 9.38. The van der Waals surface area contributed by atoms with Gasteiger partial charge in [0.15, 0.2) is 11.7 Å². The zero-order valence-electron chi connectivity index (χ0n) is 21.3. The molecule has 0 atom stereocenters. The van der Waals surface area contributed by atoms with Crippen molar-refractivity contribution in [3.63, 3.8) is 0 Å². The van der Waals surface area contributed by atoms with Gasteiger partial charge in [0, 0.05) is 56.7 Å². The van der Waals surface area contributed by atoms with Crippen LogP contribution in [0.3, 0.4) is 0 Å². The molecule has 1 aliphatic heterocycles. The second kappa shape index (κ2) is 11.9. The number of nitrogens with zero attached hydrogens (tertiary/aromatic N) is 3. The lowest BCUT2D eigenvalue weighted by molar-refractivity contribution is -0.131. The number of hydrogen-bond acceptors (Lipinski definition) is 5. The average Bonchev–Trinajstić information content (AvgIpc) is 3.25. The molecule has 37 heavy (non-hydrogen) atoms. The summed E-state index contributed by atoms with van der Waals surface area (Å²) in [6.45, 7) is 4.26. The van der Waals surface area contributed by atoms with Crippen molar-refractivity contribution in [1.29, 1.82) is 0 Å². The zero-order valence-corrected chi connectivity index (χ0v) is 21.3. The van der Waals surface area contributed by atoms with Crippen molar-refractivity contribution < 1.29 is 13.9 Å². The van der Waals surface area contributed by atoms with Gasteiger partial charge in [-0.3, -0.25) is 9.69 Å². The van der Waals surface area contributed by atoms with E-state index in [4.69, 9.17) is 14.1 Å². The molecule has 3 aromatic carbocycles. The average molecular weight is 496 g/mol. The summed E-state index contributed by atoms with van der Waals surface area (Å²) in [5.74, 6) is 2.38. The minimum absolute atomic E-state index is 0.159. The number of ether oxygens (including phenoxy) is 1. The van der Waals surface area contributed by atoms with Crippen molar-refractivity contribution in [3.8, 4) is 28.3 Å². The van der Waals surface area contributed by atoms with Crippen LogP contribution in [0.4, 0.5) is 0 Å². The van der Waals surface area contributed by atoms with E-state index in [0.29, 0.717) is 18.7 Å². The summed E-state index contributed by atoms with van der Waals surface area (Å²) in [6.07, 6.45) is 1.84. The largest absolute Gasteiger partial charge is 0.497 e. The third-order valence-corrected chi connectivity index (χ3v) is 6.81. The molecular formula is C31H33N3O3. The van der Waals surface area contributed by atoms with E-state index in [-0.39, 0.29) is 5.91 Å². The lowest BCUT2D eigenvalue weighted by atomic mass is 10.1. The van der Waals surface area contributed by atoms with Crippen LogP contribution in [0.5, 0.6) is 5.75 Å². The van der Waals surface area contributed by atoms with Gasteiger partial charge in [-0.05, 0) is 24.1 Å². The Labute approximate surface area is 218 Å². The van der Waals surface area contributed by atoms with Crippen molar-refractivity contribution in [1.82, 2.24) is 14.8 Å². The molecule has 1 amide bonds. The maximum absolute atomic E-state index is 13.1. The number of carbonyl (C=O) groups excluding carboxylic acids is 1. The highest BCUT2D eigenvalue weighted by Crippen LogP contribution is 2.33. The van der Waals surface area contributed by atoms with E-state index in [1.807, 2.05) is 77.7 Å². The summed E-state index contributed by atoms with van der Waals surface area (Å²) in [7, 11) is 1.68. The second-order valence-corrected chi connectivity index (χ2v) is 9.38. The van der Waals surface area contributed by atoms with Gasteiger partial charge in [-0.15, -0.1) is 0 Å². The maximum Gasteiger partial charge on any atom is 0.223 e. The van der Waals surface area contributed by atoms with E-state index >= 15 is 0 Å². The smallest absolute Gasteiger partial charge is 0.223 e. The highest BCUT2D eigenvalue weighted by Gasteiger charge is 2.21. The fourth-order valence-electron chi connectivity index (χ4n) is 4.79. The van der Waals surface area contributed by atoms with Crippen LogP contribution in [-0.2, 0) is 17.8 Å². The van der Waals surface area contributed by atoms with Gasteiger partial charge < -0.3 is 14.1 Å². The maximum atomic E-state index is 13.1. The normalized spacial score (nSPS) is 14.4. The fraction of sp³-hybridized carbons (Fsp3) is 0.290. The molecule has 0 radical (unpaired) electrons. The number of rotatable bonds is 8. The molecule has 6 nitrogen and oxygen atoms in total. The van der Waals surface area contributed by atoms with Gasteiger partial charge in [0.25, 0.3) is 0 Å². The summed E-state index contributed by atoms with van der Waals surface area (Å²) < 4.78 is 11.5. The minimum atomic E-state index is 0.159. The monoisotopic (exact) mass is 495 g/mol. The van der Waals surface area contributed by atoms with Crippen molar-refractivity contribution in [2.24, 2.45) is 0 Å². The van der Waals surface area contributed by atoms with Gasteiger partial charge in [-0.25, -0.2) is 4.98 Å². The summed E-state index contributed by atoms with van der Waals surface area (Å²) in [5, 5.41) is 0. The SMILES string of the molecule is COc1ccc(CN2CCCN(C(=O)CCc3nc(-c4ccccc4)c(-c4ccccc4)o3)CC2)cc1. The van der Waals surface area contributed by atoms with Gasteiger partial charge in [0.05, 0.1) is 7.11 Å². The molecule has 1 saturated heterocycles. The molecule has 0 unspecified atom stereocenters. The van der Waals surface area contributed by atoms with Gasteiger partial charge >= 0.3 is 0 Å². The van der Waals surface area contributed by atoms with Crippen LogP contribution in [0.1, 0.15) is 24.3 Å². The first-order valence-corrected chi connectivity index (χ1v) is 12.9. The van der Waals surface area contributed by atoms with Gasteiger partial charge in [0.2, 0.25) is 5.91 Å². The fourth-order valence-corrected chi connectivity index (χ4v) is 4.79. The first-order valence-electron chi connectivity index (χ1n) is 12.9. The lowest BCUT2D eigenvalue weighted by Gasteiger charge is -2.22. The summed E-state index contributed by atoms with van der Waals surface area (Å²) in [6, 6.07) is 28.3. The third-order valence-electron chi connectivity index (χ3n) is 6.81. The number of aromatic nitrogens is 1. The highest BCUT2D eigenvalue weighted by molar-refractivity contribution is 5.78. The van der Waals surface area contributed by atoms with Crippen molar-refractivity contribution >= 4 is 5.91 Å². The van der Waals surface area contributed by atoms with Crippen LogP contribution >= 0.6 is 0 Å². The molecular weight excluding hydrogens is 462 g/mol. The summed E-state index contributed by atoms with van der Waals surface area (Å²) in [5.41, 5.74) is 4.06. The van der Waals surface area contributed by atoms with Crippen LogP contribution < -0.4 is 4.74 Å². The Balaban J connectivity index is 1.20. The Morgan fingerprint density at radius 2 is 1.57 bits per heavy atom. The Hall–Kier alpha value is -3.90. The molecule has 0 saturated carbocycles. The molecule has 0 aliphatic carbocycles. The zero-order chi connectivity index (χ0) is 25.5. The number of oxazole rings is 1. The highest BCUT2D eigenvalue weighted by atomic mass is 16.5. The van der Waals surface area contributed by atoms with Crippen LogP contribution in [-0.4, -0.2) is 54.0 Å². The van der Waals surface area contributed by atoms with Crippen LogP contribution in [0.25, 0.3) is 22.6 Å². The number of amides is 1. The van der Waals surface area contributed by atoms with Crippen molar-refractivity contribution in [2.75, 3.05) is 33.3 Å². The molecule has 5 rings (SSSR count). The minimum Gasteiger partial charge on any atom is -0.497 e. The molecule has 1 fully saturated rings. The van der Waals surface area contributed by atoms with E-state index in [1.165, 1.54) is 5.56 Å². The van der Waals surface area contributed by atoms with E-state index in [9.17, 15) is 4.79 Å². The lowest BCUT2D eigenvalue weighted by Crippen LogP contribution is -2.35. The summed E-state index contributed by atoms with van der Waals surface area (Å²) >= 11 is 0. The van der Waals surface area contributed by atoms with Gasteiger partial charge in [-0.2, -0.15) is 0 Å². The topological polar surface area (TPSA) is 58.8 Å². The first-order chi connectivity index (χ1) is 18.2. The van der Waals surface area contributed by atoms with E-state index in [1.54, 1.807) is 7.11 Å². The van der Waals surface area contributed by atoms with Gasteiger partial charge in [-0.1, -0.05) is 72.8 Å². The third kappa shape index (κ3) is 6.27. The molecule has 1 aliphatic rings. The van der Waals surface area contributed by atoms with E-state index < -0.39 is 0 Å². The quantitative estimate of drug-likeness (QED) is 0.315. The van der Waals surface area contributed by atoms with Crippen molar-refractivity contribution in [3.05, 3.63) is 96.4 Å². The molecule has 1 aromatic heterocycles. The molecule has 0 spiro atoms. The predicted molar refractivity (Wildman–Crippen MR) is 145 cm³/mol. The van der Waals surface area contributed by atoms with Crippen LogP contribution in [0.15, 0.2) is 89.3 Å². The number of aryl methyl sites for hydroxylation is 1. The number of carbonyl (C=O) groups is 1. The standard InChI is InChI=1S/C31H33N3O3/c1-36-27-15-13-24(14-16-27)23-33-19-8-20-34(22-21-33)29(35)18-17-28-32-30(25-9-4-2-5-10-25)31(37-28)26-11-6-3-7-12-26/h2-7,9-16H,8,17-23H2,1H3. The molecule has 0 bridgehead atoms. The summed E-state index contributed by atoms with van der Waals surface area (Å²) in [4.78, 5) is 22.3. The number of hydrogen-bond donors (Lipinski definition) is 0. The van der Waals surface area contributed by atoms with E-state index in [0.717, 1.165) is 67.5 Å². The van der Waals surface area contributed by atoms with Gasteiger partial charge in [0.1, 0.15) is 11.4 Å². The van der Waals surface area contributed by atoms with Crippen LogP contribution in [0, 0.1) is 0 Å². The van der Waals surface area contributed by atoms with Crippen molar-refractivity contribution in [2.45, 2.75) is 25.8 Å². The molecule has 4 aromatic rings. The molecule has 0 N–H and O–H groups in total. The molecule has 190 valence electrons. The molecule has 2 heterocycles. The number of methoxy groups -OCH3 is 1. The first kappa shape index (κ1) is 24.8. The Bertz CT molecular complexity index is 1230.